The second-order valence-corrected chi connectivity index (χ2v) is 5.58. The van der Waals surface area contributed by atoms with Crippen LogP contribution < -0.4 is 0 Å². The van der Waals surface area contributed by atoms with Gasteiger partial charge >= 0.3 is 0 Å². The molecule has 2 aliphatic rings. The topological polar surface area (TPSA) is 23.5 Å². The Hall–Kier alpha value is -1.02. The number of likely N-dealkylation sites (tertiary alicyclic amines) is 1. The Morgan fingerprint density at radius 3 is 2.65 bits per heavy atom. The molecule has 1 unspecified atom stereocenters. The van der Waals surface area contributed by atoms with Crippen LogP contribution in [0.1, 0.15) is 36.0 Å². The fourth-order valence-corrected chi connectivity index (χ4v) is 3.39. The first-order valence-corrected chi connectivity index (χ1v) is 6.79. The summed E-state index contributed by atoms with van der Waals surface area (Å²) in [6.45, 7) is 4.56. The van der Waals surface area contributed by atoms with Crippen LogP contribution in [-0.2, 0) is 12.8 Å². The van der Waals surface area contributed by atoms with Crippen LogP contribution in [0, 0.1) is 6.92 Å². The summed E-state index contributed by atoms with van der Waals surface area (Å²) in [6, 6.07) is 4.79. The molecule has 0 bridgehead atoms. The van der Waals surface area contributed by atoms with Crippen molar-refractivity contribution in [2.24, 2.45) is 0 Å². The number of hydrogen-bond acceptors (Lipinski definition) is 2. The number of hydrogen-bond donors (Lipinski definition) is 1. The minimum absolute atomic E-state index is 0.513. The molecule has 1 atom stereocenters. The van der Waals surface area contributed by atoms with E-state index >= 15 is 0 Å². The molecule has 1 fully saturated rings. The Morgan fingerprint density at radius 1 is 1.12 bits per heavy atom. The fourth-order valence-electron chi connectivity index (χ4n) is 3.39. The maximum atomic E-state index is 10.0. The molecule has 2 heteroatoms. The monoisotopic (exact) mass is 231 g/mol. The van der Waals surface area contributed by atoms with Gasteiger partial charge in [-0.25, -0.2) is 0 Å². The Bertz CT molecular complexity index is 421. The predicted molar refractivity (Wildman–Crippen MR) is 69.5 cm³/mol. The Kier molecular flexibility index (Phi) is 2.83. The molecule has 1 heterocycles. The van der Waals surface area contributed by atoms with Gasteiger partial charge in [0, 0.05) is 6.04 Å². The zero-order valence-electron chi connectivity index (χ0n) is 10.6. The molecule has 1 saturated heterocycles. The van der Waals surface area contributed by atoms with Crippen LogP contribution in [0.5, 0.6) is 5.75 Å². The van der Waals surface area contributed by atoms with Crippen molar-refractivity contribution in [2.45, 2.75) is 45.1 Å². The highest BCUT2D eigenvalue weighted by atomic mass is 16.3. The lowest BCUT2D eigenvalue weighted by Crippen LogP contribution is -2.39. The van der Waals surface area contributed by atoms with Crippen molar-refractivity contribution in [3.63, 3.8) is 0 Å². The van der Waals surface area contributed by atoms with E-state index in [1.807, 2.05) is 6.07 Å². The molecule has 92 valence electrons. The van der Waals surface area contributed by atoms with E-state index in [4.69, 9.17) is 0 Å². The number of benzene rings is 1. The molecule has 3 rings (SSSR count). The minimum atomic E-state index is 0.513. The van der Waals surface area contributed by atoms with Gasteiger partial charge < -0.3 is 5.11 Å². The van der Waals surface area contributed by atoms with Gasteiger partial charge in [0.2, 0.25) is 0 Å². The van der Waals surface area contributed by atoms with Crippen LogP contribution in [0.3, 0.4) is 0 Å². The third kappa shape index (κ3) is 2.06. The fraction of sp³-hybridized carbons (Fsp3) is 0.600. The average Bonchev–Trinajstić information content (AvgIpc) is 2.74. The van der Waals surface area contributed by atoms with E-state index in [0.717, 1.165) is 12.8 Å². The van der Waals surface area contributed by atoms with Crippen molar-refractivity contribution in [3.05, 3.63) is 28.8 Å². The SMILES string of the molecule is Cc1cc(O)c2c(c1)CC(N1CCCCC1)C2. The van der Waals surface area contributed by atoms with E-state index < -0.39 is 0 Å². The van der Waals surface area contributed by atoms with Crippen LogP contribution in [0.15, 0.2) is 12.1 Å². The molecule has 1 aromatic carbocycles. The molecule has 17 heavy (non-hydrogen) atoms. The van der Waals surface area contributed by atoms with Gasteiger partial charge in [-0.1, -0.05) is 12.5 Å². The van der Waals surface area contributed by atoms with Gasteiger partial charge in [-0.05, 0) is 68.5 Å². The molecule has 0 radical (unpaired) electrons. The molecule has 0 saturated carbocycles. The molecule has 0 aromatic heterocycles. The summed E-state index contributed by atoms with van der Waals surface area (Å²) in [5.74, 6) is 0.513. The van der Waals surface area contributed by atoms with Gasteiger partial charge in [0.15, 0.2) is 0 Å². The van der Waals surface area contributed by atoms with Gasteiger partial charge in [0.05, 0.1) is 0 Å². The minimum Gasteiger partial charge on any atom is -0.508 e. The van der Waals surface area contributed by atoms with Crippen LogP contribution >= 0.6 is 0 Å². The summed E-state index contributed by atoms with van der Waals surface area (Å²) >= 11 is 0. The zero-order chi connectivity index (χ0) is 11.8. The summed E-state index contributed by atoms with van der Waals surface area (Å²) < 4.78 is 0. The van der Waals surface area contributed by atoms with E-state index in [1.54, 1.807) is 0 Å². The van der Waals surface area contributed by atoms with E-state index in [9.17, 15) is 5.11 Å². The molecule has 0 spiro atoms. The highest BCUT2D eigenvalue weighted by Crippen LogP contribution is 2.34. The van der Waals surface area contributed by atoms with Gasteiger partial charge in [-0.3, -0.25) is 4.90 Å². The van der Waals surface area contributed by atoms with E-state index in [-0.39, 0.29) is 0 Å². The van der Waals surface area contributed by atoms with Crippen molar-refractivity contribution < 1.29 is 5.11 Å². The van der Waals surface area contributed by atoms with Crippen LogP contribution in [0.4, 0.5) is 0 Å². The lowest BCUT2D eigenvalue weighted by molar-refractivity contribution is 0.167. The summed E-state index contributed by atoms with van der Waals surface area (Å²) in [7, 11) is 0. The number of phenols is 1. The van der Waals surface area contributed by atoms with Crippen LogP contribution in [-0.4, -0.2) is 29.1 Å². The molecule has 1 aromatic rings. The Morgan fingerprint density at radius 2 is 1.88 bits per heavy atom. The molecular weight excluding hydrogens is 210 g/mol. The molecular formula is C15H21NO. The number of piperidine rings is 1. The lowest BCUT2D eigenvalue weighted by Gasteiger charge is -2.32. The quantitative estimate of drug-likeness (QED) is 0.803. The third-order valence-corrected chi connectivity index (χ3v) is 4.27. The first kappa shape index (κ1) is 11.1. The standard InChI is InChI=1S/C15H21NO/c1-11-7-12-9-13(10-14(12)15(17)8-11)16-5-3-2-4-6-16/h7-8,13,17H,2-6,9-10H2,1H3. The average molecular weight is 231 g/mol. The second-order valence-electron chi connectivity index (χ2n) is 5.58. The van der Waals surface area contributed by atoms with Crippen molar-refractivity contribution in [1.29, 1.82) is 0 Å². The van der Waals surface area contributed by atoms with Gasteiger partial charge in [-0.15, -0.1) is 0 Å². The molecule has 1 N–H and O–H groups in total. The van der Waals surface area contributed by atoms with Crippen molar-refractivity contribution in [2.75, 3.05) is 13.1 Å². The highest BCUT2D eigenvalue weighted by Gasteiger charge is 2.29. The van der Waals surface area contributed by atoms with Crippen LogP contribution in [0.25, 0.3) is 0 Å². The predicted octanol–water partition coefficient (Wildman–Crippen LogP) is 2.65. The van der Waals surface area contributed by atoms with E-state index in [1.165, 1.54) is 49.0 Å². The number of aryl methyl sites for hydroxylation is 1. The first-order valence-electron chi connectivity index (χ1n) is 6.79. The van der Waals surface area contributed by atoms with Crippen molar-refractivity contribution >= 4 is 0 Å². The Balaban J connectivity index is 1.80. The molecule has 2 nitrogen and oxygen atoms in total. The molecule has 0 amide bonds. The third-order valence-electron chi connectivity index (χ3n) is 4.27. The maximum absolute atomic E-state index is 10.0. The summed E-state index contributed by atoms with van der Waals surface area (Å²) in [4.78, 5) is 2.62. The molecule has 1 aliphatic heterocycles. The zero-order valence-corrected chi connectivity index (χ0v) is 10.6. The first-order chi connectivity index (χ1) is 8.24. The lowest BCUT2D eigenvalue weighted by atomic mass is 10.1. The van der Waals surface area contributed by atoms with E-state index in [2.05, 4.69) is 17.9 Å². The number of phenolic OH excluding ortho intramolecular Hbond substituents is 1. The normalized spacial score (nSPS) is 24.9. The van der Waals surface area contributed by atoms with Gasteiger partial charge in [0.1, 0.15) is 5.75 Å². The number of aromatic hydroxyl groups is 1. The summed E-state index contributed by atoms with van der Waals surface area (Å²) in [5, 5.41) is 10.0. The number of fused-ring (bicyclic) bond motifs is 1. The van der Waals surface area contributed by atoms with Crippen LogP contribution in [0.2, 0.25) is 0 Å². The summed E-state index contributed by atoms with van der Waals surface area (Å²) in [5.41, 5.74) is 3.75. The van der Waals surface area contributed by atoms with Crippen molar-refractivity contribution in [1.82, 2.24) is 4.90 Å². The van der Waals surface area contributed by atoms with Gasteiger partial charge in [-0.2, -0.15) is 0 Å². The van der Waals surface area contributed by atoms with Gasteiger partial charge in [0.25, 0.3) is 0 Å². The van der Waals surface area contributed by atoms with Crippen molar-refractivity contribution in [3.8, 4) is 5.75 Å². The molecule has 1 aliphatic carbocycles. The van der Waals surface area contributed by atoms with E-state index in [0.29, 0.717) is 11.8 Å². The largest absolute Gasteiger partial charge is 0.508 e. The Labute approximate surface area is 103 Å². The smallest absolute Gasteiger partial charge is 0.119 e. The maximum Gasteiger partial charge on any atom is 0.119 e. The summed E-state index contributed by atoms with van der Waals surface area (Å²) in [6.07, 6.45) is 6.25. The highest BCUT2D eigenvalue weighted by molar-refractivity contribution is 5.46. The number of nitrogens with zero attached hydrogens (tertiary/aromatic N) is 1. The second kappa shape index (κ2) is 4.34. The number of rotatable bonds is 1.